The van der Waals surface area contributed by atoms with Gasteiger partial charge >= 0.3 is 0 Å². The molecule has 3 aromatic rings. The van der Waals surface area contributed by atoms with Crippen LogP contribution in [0.5, 0.6) is 5.75 Å². The minimum atomic E-state index is -0.583. The second kappa shape index (κ2) is 7.96. The van der Waals surface area contributed by atoms with Crippen molar-refractivity contribution in [2.45, 2.75) is 12.6 Å². The van der Waals surface area contributed by atoms with E-state index in [-0.39, 0.29) is 12.2 Å². The summed E-state index contributed by atoms with van der Waals surface area (Å²) in [6.07, 6.45) is -0.583. The van der Waals surface area contributed by atoms with Crippen LogP contribution in [-0.2, 0) is 6.54 Å². The zero-order valence-corrected chi connectivity index (χ0v) is 14.2. The number of H-pyrrole nitrogens is 1. The maximum absolute atomic E-state index is 11.3. The smallest absolute Gasteiger partial charge is 0.248 e. The third kappa shape index (κ3) is 4.92. The maximum Gasteiger partial charge on any atom is 0.248 e. The molecule has 0 bridgehead atoms. The number of hydrogen-bond donors (Lipinski definition) is 2. The molecule has 0 spiro atoms. The van der Waals surface area contributed by atoms with Gasteiger partial charge in [-0.3, -0.25) is 9.69 Å². The van der Waals surface area contributed by atoms with E-state index in [4.69, 9.17) is 4.74 Å². The minimum absolute atomic E-state index is 0.127. The Balaban J connectivity index is 1.52. The number of likely N-dealkylation sites (N-methyl/N-ethyl adjacent to an activating group) is 1. The van der Waals surface area contributed by atoms with Crippen molar-refractivity contribution in [1.82, 2.24) is 9.88 Å². The molecule has 0 saturated carbocycles. The van der Waals surface area contributed by atoms with Crippen molar-refractivity contribution in [3.05, 3.63) is 76.6 Å². The van der Waals surface area contributed by atoms with Crippen molar-refractivity contribution in [3.8, 4) is 5.75 Å². The van der Waals surface area contributed by atoms with Crippen LogP contribution in [0, 0.1) is 0 Å². The van der Waals surface area contributed by atoms with Gasteiger partial charge in [-0.15, -0.1) is 0 Å². The highest BCUT2D eigenvalue weighted by Gasteiger charge is 2.10. The lowest BCUT2D eigenvalue weighted by Crippen LogP contribution is -2.32. The van der Waals surface area contributed by atoms with Gasteiger partial charge in [-0.1, -0.05) is 30.3 Å². The quantitative estimate of drug-likeness (QED) is 0.694. The molecule has 1 heterocycles. The number of aromatic amines is 1. The first kappa shape index (κ1) is 17.2. The summed E-state index contributed by atoms with van der Waals surface area (Å²) in [7, 11) is 1.97. The summed E-state index contributed by atoms with van der Waals surface area (Å²) in [4.78, 5) is 16.1. The lowest BCUT2D eigenvalue weighted by molar-refractivity contribution is 0.0744. The van der Waals surface area contributed by atoms with Crippen molar-refractivity contribution in [2.75, 3.05) is 20.2 Å². The molecule has 0 saturated heterocycles. The Kier molecular flexibility index (Phi) is 5.48. The van der Waals surface area contributed by atoms with E-state index in [2.05, 4.69) is 22.0 Å². The molecule has 0 radical (unpaired) electrons. The van der Waals surface area contributed by atoms with E-state index in [1.54, 1.807) is 18.2 Å². The van der Waals surface area contributed by atoms with Gasteiger partial charge in [-0.2, -0.15) is 0 Å². The van der Waals surface area contributed by atoms with E-state index < -0.39 is 6.10 Å². The van der Waals surface area contributed by atoms with Crippen LogP contribution in [0.2, 0.25) is 0 Å². The molecule has 0 aliphatic heterocycles. The van der Waals surface area contributed by atoms with Gasteiger partial charge in [0.1, 0.15) is 18.5 Å². The summed E-state index contributed by atoms with van der Waals surface area (Å²) in [6.45, 7) is 1.52. The van der Waals surface area contributed by atoms with Crippen molar-refractivity contribution in [1.29, 1.82) is 0 Å². The van der Waals surface area contributed by atoms with Gasteiger partial charge in [0.15, 0.2) is 0 Å². The van der Waals surface area contributed by atoms with E-state index in [1.165, 1.54) is 11.6 Å². The fourth-order valence-electron chi connectivity index (χ4n) is 2.79. The summed E-state index contributed by atoms with van der Waals surface area (Å²) in [5.41, 5.74) is 1.85. The third-order valence-electron chi connectivity index (χ3n) is 3.96. The Morgan fingerprint density at radius 3 is 2.72 bits per heavy atom. The highest BCUT2D eigenvalue weighted by Crippen LogP contribution is 2.18. The summed E-state index contributed by atoms with van der Waals surface area (Å²) in [6, 6.07) is 18.8. The number of benzene rings is 2. The normalized spacial score (nSPS) is 12.4. The molecule has 0 aliphatic rings. The van der Waals surface area contributed by atoms with Gasteiger partial charge in [0, 0.05) is 30.1 Å². The average Bonchev–Trinajstić information content (AvgIpc) is 2.60. The van der Waals surface area contributed by atoms with Crippen LogP contribution in [0.4, 0.5) is 0 Å². The van der Waals surface area contributed by atoms with E-state index in [0.29, 0.717) is 12.3 Å². The summed E-state index contributed by atoms with van der Waals surface area (Å²) in [5, 5.41) is 11.1. The number of pyridine rings is 1. The highest BCUT2D eigenvalue weighted by atomic mass is 16.5. The molecule has 0 aliphatic carbocycles. The molecule has 5 nitrogen and oxygen atoms in total. The number of aliphatic hydroxyl groups excluding tert-OH is 1. The average molecular weight is 338 g/mol. The van der Waals surface area contributed by atoms with Gasteiger partial charge < -0.3 is 14.8 Å². The molecule has 0 amide bonds. The largest absolute Gasteiger partial charge is 0.491 e. The molecule has 2 aromatic carbocycles. The highest BCUT2D eigenvalue weighted by molar-refractivity contribution is 5.79. The van der Waals surface area contributed by atoms with Gasteiger partial charge in [0.2, 0.25) is 5.56 Å². The monoisotopic (exact) mass is 338 g/mol. The van der Waals surface area contributed by atoms with Crippen molar-refractivity contribution >= 4 is 10.9 Å². The van der Waals surface area contributed by atoms with Crippen LogP contribution in [0.25, 0.3) is 10.9 Å². The lowest BCUT2D eigenvalue weighted by atomic mass is 10.2. The minimum Gasteiger partial charge on any atom is -0.491 e. The van der Waals surface area contributed by atoms with Crippen LogP contribution < -0.4 is 10.3 Å². The van der Waals surface area contributed by atoms with Gasteiger partial charge in [-0.05, 0) is 36.9 Å². The first-order chi connectivity index (χ1) is 12.1. The van der Waals surface area contributed by atoms with Crippen LogP contribution in [0.1, 0.15) is 5.56 Å². The number of fused-ring (bicyclic) bond motifs is 1. The molecule has 130 valence electrons. The lowest BCUT2D eigenvalue weighted by Gasteiger charge is -2.21. The number of aliphatic hydroxyl groups is 1. The molecular weight excluding hydrogens is 316 g/mol. The van der Waals surface area contributed by atoms with Crippen LogP contribution in [0.15, 0.2) is 65.5 Å². The zero-order valence-electron chi connectivity index (χ0n) is 14.2. The fraction of sp³-hybridized carbons (Fsp3) is 0.250. The molecule has 1 atom stereocenters. The summed E-state index contributed by atoms with van der Waals surface area (Å²) < 4.78 is 5.69. The number of ether oxygens (including phenoxy) is 1. The molecule has 0 unspecified atom stereocenters. The first-order valence-electron chi connectivity index (χ1n) is 8.26. The second-order valence-electron chi connectivity index (χ2n) is 6.22. The predicted octanol–water partition coefficient (Wildman–Crippen LogP) is 2.40. The zero-order chi connectivity index (χ0) is 17.6. The van der Waals surface area contributed by atoms with E-state index in [0.717, 1.165) is 17.4 Å². The molecule has 2 N–H and O–H groups in total. The Morgan fingerprint density at radius 1 is 1.12 bits per heavy atom. The Hall–Kier alpha value is -2.63. The third-order valence-corrected chi connectivity index (χ3v) is 3.96. The maximum atomic E-state index is 11.3. The number of nitrogens with one attached hydrogen (secondary N) is 1. The molecule has 25 heavy (non-hydrogen) atoms. The second-order valence-corrected chi connectivity index (χ2v) is 6.22. The number of aromatic nitrogens is 1. The molecule has 5 heteroatoms. The topological polar surface area (TPSA) is 65.6 Å². The number of nitrogens with zero attached hydrogens (tertiary/aromatic N) is 1. The summed E-state index contributed by atoms with van der Waals surface area (Å²) in [5.74, 6) is 0.671. The molecule has 3 rings (SSSR count). The number of rotatable bonds is 7. The van der Waals surface area contributed by atoms with Gasteiger partial charge in [0.25, 0.3) is 0 Å². The van der Waals surface area contributed by atoms with Crippen molar-refractivity contribution < 1.29 is 9.84 Å². The fourth-order valence-corrected chi connectivity index (χ4v) is 2.79. The van der Waals surface area contributed by atoms with Crippen molar-refractivity contribution in [3.63, 3.8) is 0 Å². The van der Waals surface area contributed by atoms with E-state index in [1.807, 2.05) is 31.3 Å². The van der Waals surface area contributed by atoms with Crippen LogP contribution >= 0.6 is 0 Å². The molecule has 0 fully saturated rings. The van der Waals surface area contributed by atoms with Crippen molar-refractivity contribution in [2.24, 2.45) is 0 Å². The number of hydrogen-bond acceptors (Lipinski definition) is 4. The van der Waals surface area contributed by atoms with Gasteiger partial charge in [-0.25, -0.2) is 0 Å². The van der Waals surface area contributed by atoms with Gasteiger partial charge in [0.05, 0.1) is 0 Å². The summed E-state index contributed by atoms with van der Waals surface area (Å²) >= 11 is 0. The van der Waals surface area contributed by atoms with Crippen LogP contribution in [-0.4, -0.2) is 41.3 Å². The predicted molar refractivity (Wildman–Crippen MR) is 98.8 cm³/mol. The first-order valence-corrected chi connectivity index (χ1v) is 8.26. The molecular formula is C20H22N2O3. The Labute approximate surface area is 146 Å². The molecule has 1 aromatic heterocycles. The van der Waals surface area contributed by atoms with Crippen LogP contribution in [0.3, 0.4) is 0 Å². The van der Waals surface area contributed by atoms with E-state index >= 15 is 0 Å². The Morgan fingerprint density at radius 2 is 1.92 bits per heavy atom. The SMILES string of the molecule is CN(Cc1ccccc1)C[C@H](O)COc1ccc2[nH]c(=O)ccc2c1. The standard InChI is InChI=1S/C20H22N2O3/c1-22(12-15-5-3-2-4-6-15)13-17(23)14-25-18-8-9-19-16(11-18)7-10-20(24)21-19/h2-11,17,23H,12-14H2,1H3,(H,21,24)/t17-/m0/s1. The van der Waals surface area contributed by atoms with E-state index in [9.17, 15) is 9.90 Å². The Bertz CT molecular complexity index is 877.